The third-order valence-electron chi connectivity index (χ3n) is 5.20. The average Bonchev–Trinajstić information content (AvgIpc) is 2.74. The van der Waals surface area contributed by atoms with Crippen molar-refractivity contribution in [2.24, 2.45) is 7.05 Å². The largest absolute Gasteiger partial charge is 0.341 e. The van der Waals surface area contributed by atoms with E-state index in [0.29, 0.717) is 48.1 Å². The highest BCUT2D eigenvalue weighted by molar-refractivity contribution is 6.31. The van der Waals surface area contributed by atoms with Gasteiger partial charge in [0.25, 0.3) is 0 Å². The van der Waals surface area contributed by atoms with E-state index in [1.807, 2.05) is 4.90 Å². The van der Waals surface area contributed by atoms with Crippen LogP contribution >= 0.6 is 11.6 Å². The lowest BCUT2D eigenvalue weighted by molar-refractivity contribution is 0.389. The van der Waals surface area contributed by atoms with E-state index in [4.69, 9.17) is 16.9 Å². The molecular weight excluding hydrogens is 394 g/mol. The van der Waals surface area contributed by atoms with E-state index in [2.05, 4.69) is 21.0 Å². The van der Waals surface area contributed by atoms with Crippen LogP contribution in [-0.2, 0) is 13.5 Å². The van der Waals surface area contributed by atoms with Crippen LogP contribution in [0.1, 0.15) is 24.4 Å². The Hall–Kier alpha value is -3.25. The molecule has 148 valence electrons. The molecule has 0 atom stereocenters. The van der Waals surface area contributed by atoms with Gasteiger partial charge in [-0.15, -0.1) is 0 Å². The molecule has 4 rings (SSSR count). The fraction of sp³-hybridized carbons (Fsp3) is 0.368. The first-order chi connectivity index (χ1) is 14.0. The molecule has 3 aromatic rings. The lowest BCUT2D eigenvalue weighted by Crippen LogP contribution is -2.45. The molecule has 1 fully saturated rings. The van der Waals surface area contributed by atoms with Gasteiger partial charge in [0.2, 0.25) is 5.95 Å². The Kier molecular flexibility index (Phi) is 5.03. The van der Waals surface area contributed by atoms with Gasteiger partial charge in [0, 0.05) is 50.3 Å². The fourth-order valence-corrected chi connectivity index (χ4v) is 3.81. The summed E-state index contributed by atoms with van der Waals surface area (Å²) in [4.78, 5) is 40.2. The van der Waals surface area contributed by atoms with E-state index >= 15 is 0 Å². The molecule has 4 heterocycles. The number of halogens is 1. The summed E-state index contributed by atoms with van der Waals surface area (Å²) in [6.45, 7) is 1.28. The predicted molar refractivity (Wildman–Crippen MR) is 108 cm³/mol. The highest BCUT2D eigenvalue weighted by Crippen LogP contribution is 2.26. The Bertz CT molecular complexity index is 1220. The minimum atomic E-state index is -0.597. The van der Waals surface area contributed by atoms with Gasteiger partial charge >= 0.3 is 11.1 Å². The Morgan fingerprint density at radius 2 is 1.83 bits per heavy atom. The molecule has 0 aliphatic carbocycles. The van der Waals surface area contributed by atoms with Gasteiger partial charge in [-0.25, -0.2) is 15.0 Å². The van der Waals surface area contributed by atoms with E-state index in [-0.39, 0.29) is 12.5 Å². The third kappa shape index (κ3) is 3.47. The number of pyridine rings is 1. The third-order valence-corrected chi connectivity index (χ3v) is 5.40. The first kappa shape index (κ1) is 19.1. The Balaban J connectivity index is 1.62. The van der Waals surface area contributed by atoms with E-state index in [1.165, 1.54) is 15.3 Å². The van der Waals surface area contributed by atoms with Gasteiger partial charge in [0.15, 0.2) is 5.65 Å². The topological polar surface area (TPSA) is 110 Å². The minimum Gasteiger partial charge on any atom is -0.341 e. The molecule has 1 aliphatic rings. The molecule has 0 spiro atoms. The van der Waals surface area contributed by atoms with Crippen LogP contribution in [-0.4, -0.2) is 37.2 Å². The van der Waals surface area contributed by atoms with Crippen molar-refractivity contribution >= 4 is 28.7 Å². The van der Waals surface area contributed by atoms with E-state index in [0.717, 1.165) is 5.56 Å². The van der Waals surface area contributed by atoms with Crippen molar-refractivity contribution in [2.75, 3.05) is 18.0 Å². The second kappa shape index (κ2) is 7.64. The van der Waals surface area contributed by atoms with Crippen molar-refractivity contribution < 1.29 is 0 Å². The number of aromatic nitrogens is 5. The van der Waals surface area contributed by atoms with Crippen molar-refractivity contribution in [1.29, 1.82) is 5.26 Å². The molecule has 0 bridgehead atoms. The van der Waals surface area contributed by atoms with Gasteiger partial charge < -0.3 is 9.47 Å². The molecule has 0 aromatic carbocycles. The quantitative estimate of drug-likeness (QED) is 0.600. The van der Waals surface area contributed by atoms with Gasteiger partial charge in [0.05, 0.1) is 23.0 Å². The number of nitriles is 1. The molecule has 1 aliphatic heterocycles. The zero-order valence-electron chi connectivity index (χ0n) is 15.7. The van der Waals surface area contributed by atoms with Crippen molar-refractivity contribution in [3.8, 4) is 6.07 Å². The van der Waals surface area contributed by atoms with Crippen molar-refractivity contribution in [1.82, 2.24) is 24.1 Å². The summed E-state index contributed by atoms with van der Waals surface area (Å²) < 4.78 is 2.79. The summed E-state index contributed by atoms with van der Waals surface area (Å²) in [6.07, 6.45) is 6.37. The highest BCUT2D eigenvalue weighted by atomic mass is 35.5. The monoisotopic (exact) mass is 411 g/mol. The number of nitrogens with zero attached hydrogens (tertiary/aromatic N) is 7. The van der Waals surface area contributed by atoms with Gasteiger partial charge in [-0.05, 0) is 18.9 Å². The molecule has 0 N–H and O–H groups in total. The number of aryl methyl sites for hydroxylation is 1. The van der Waals surface area contributed by atoms with Crippen LogP contribution in [0.4, 0.5) is 5.95 Å². The molecule has 0 radical (unpaired) electrons. The lowest BCUT2D eigenvalue weighted by atomic mass is 10.0. The van der Waals surface area contributed by atoms with Crippen LogP contribution in [0, 0.1) is 11.3 Å². The normalized spacial score (nSPS) is 14.9. The van der Waals surface area contributed by atoms with Crippen molar-refractivity contribution in [3.63, 3.8) is 0 Å². The maximum Gasteiger partial charge on any atom is 0.318 e. The smallest absolute Gasteiger partial charge is 0.318 e. The zero-order valence-corrected chi connectivity index (χ0v) is 16.5. The average molecular weight is 412 g/mol. The minimum absolute atomic E-state index is 0.151. The number of anilines is 1. The van der Waals surface area contributed by atoms with E-state index < -0.39 is 11.1 Å². The molecule has 3 aromatic heterocycles. The Labute approximate surface area is 170 Å². The molecule has 29 heavy (non-hydrogen) atoms. The molecule has 1 saturated heterocycles. The number of piperidine rings is 1. The summed E-state index contributed by atoms with van der Waals surface area (Å²) >= 11 is 6.04. The molecule has 0 saturated carbocycles. The molecule has 9 nitrogen and oxygen atoms in total. The van der Waals surface area contributed by atoms with Crippen LogP contribution in [0.5, 0.6) is 0 Å². The number of rotatable bonds is 3. The predicted octanol–water partition coefficient (Wildman–Crippen LogP) is 1.45. The Morgan fingerprint density at radius 3 is 2.48 bits per heavy atom. The van der Waals surface area contributed by atoms with Crippen LogP contribution in [0.2, 0.25) is 5.02 Å². The van der Waals surface area contributed by atoms with Gasteiger partial charge in [-0.3, -0.25) is 14.2 Å². The molecule has 0 amide bonds. The van der Waals surface area contributed by atoms with Crippen LogP contribution in [0.3, 0.4) is 0 Å². The zero-order chi connectivity index (χ0) is 20.5. The summed E-state index contributed by atoms with van der Waals surface area (Å²) in [7, 11) is 1.55. The number of hydrogen-bond acceptors (Lipinski definition) is 7. The second-order valence-corrected chi connectivity index (χ2v) is 7.42. The second-order valence-electron chi connectivity index (χ2n) is 6.98. The van der Waals surface area contributed by atoms with Crippen molar-refractivity contribution in [3.05, 3.63) is 56.0 Å². The maximum absolute atomic E-state index is 12.7. The summed E-state index contributed by atoms with van der Waals surface area (Å²) in [5, 5.41) is 9.15. The van der Waals surface area contributed by atoms with Gasteiger partial charge in [0.1, 0.15) is 0 Å². The lowest BCUT2D eigenvalue weighted by Gasteiger charge is -2.33. The van der Waals surface area contributed by atoms with Gasteiger partial charge in [-0.2, -0.15) is 5.26 Å². The SMILES string of the molecule is Cn1c(=O)c(=O)n(C2CCN(c3ncc(CC#N)cn3)CC2)c2ncc(Cl)cc21. The maximum atomic E-state index is 12.7. The number of hydrogen-bond donors (Lipinski definition) is 0. The summed E-state index contributed by atoms with van der Waals surface area (Å²) in [5.41, 5.74) is 0.581. The first-order valence-electron chi connectivity index (χ1n) is 9.19. The van der Waals surface area contributed by atoms with Crippen LogP contribution in [0.25, 0.3) is 11.2 Å². The van der Waals surface area contributed by atoms with Crippen molar-refractivity contribution in [2.45, 2.75) is 25.3 Å². The van der Waals surface area contributed by atoms with Crippen LogP contribution < -0.4 is 16.0 Å². The molecule has 0 unspecified atom stereocenters. The first-order valence-corrected chi connectivity index (χ1v) is 9.57. The summed E-state index contributed by atoms with van der Waals surface area (Å²) in [5.74, 6) is 0.594. The Morgan fingerprint density at radius 1 is 1.14 bits per heavy atom. The van der Waals surface area contributed by atoms with E-state index in [1.54, 1.807) is 25.5 Å². The van der Waals surface area contributed by atoms with Gasteiger partial charge in [-0.1, -0.05) is 11.6 Å². The molecular formula is C19H18ClN7O2. The fourth-order valence-electron chi connectivity index (χ4n) is 3.66. The van der Waals surface area contributed by atoms with E-state index in [9.17, 15) is 9.59 Å². The summed E-state index contributed by atoms with van der Waals surface area (Å²) in [6, 6.07) is 3.57. The highest BCUT2D eigenvalue weighted by Gasteiger charge is 2.26. The standard InChI is InChI=1S/C19H18ClN7O2/c1-25-15-8-13(20)11-22-16(15)27(18(29)17(25)28)14-3-6-26(7-4-14)19-23-9-12(2-5-21)10-24-19/h8-11,14H,2-4,6-7H2,1H3. The number of fused-ring (bicyclic) bond motifs is 1. The van der Waals surface area contributed by atoms with Crippen LogP contribution in [0.15, 0.2) is 34.2 Å². The molecule has 10 heteroatoms.